The number of nitrogens with one attached hydrogen (secondary N) is 1. The molecule has 0 bridgehead atoms. The van der Waals surface area contributed by atoms with E-state index in [1.165, 1.54) is 26.3 Å². The number of alkyl halides is 3. The Hall–Kier alpha value is -3.67. The number of hydrogen-bond acceptors (Lipinski definition) is 6. The molecule has 4 aromatic rings. The van der Waals surface area contributed by atoms with Crippen molar-refractivity contribution in [2.75, 3.05) is 13.7 Å². The smallest absolute Gasteiger partial charge is 0.469 e. The molecule has 1 aromatic heterocycles. The quantitative estimate of drug-likeness (QED) is 0.178. The van der Waals surface area contributed by atoms with E-state index in [2.05, 4.69) is 14.5 Å². The van der Waals surface area contributed by atoms with Gasteiger partial charge in [-0.15, -0.1) is 0 Å². The average molecular weight is 577 g/mol. The van der Waals surface area contributed by atoms with Crippen LogP contribution < -0.4 is 15.2 Å². The molecule has 40 heavy (non-hydrogen) atoms. The largest absolute Gasteiger partial charge is 0.493 e. The number of phosphoric ester groups is 1. The summed E-state index contributed by atoms with van der Waals surface area (Å²) in [5.41, 5.74) is 6.41. The fraction of sp³-hybridized carbons (Fsp3) is 0.222. The summed E-state index contributed by atoms with van der Waals surface area (Å²) in [7, 11) is -3.57. The zero-order valence-corrected chi connectivity index (χ0v) is 22.4. The van der Waals surface area contributed by atoms with Crippen molar-refractivity contribution < 1.29 is 41.5 Å². The summed E-state index contributed by atoms with van der Waals surface area (Å²) < 4.78 is 68.9. The zero-order valence-electron chi connectivity index (χ0n) is 21.5. The highest BCUT2D eigenvalue weighted by Gasteiger charge is 2.37. The molecule has 9 nitrogen and oxygen atoms in total. The van der Waals surface area contributed by atoms with Crippen LogP contribution in [0, 0.1) is 0 Å². The van der Waals surface area contributed by atoms with Crippen LogP contribution >= 0.6 is 7.82 Å². The summed E-state index contributed by atoms with van der Waals surface area (Å²) in [6.07, 6.45) is -3.53. The minimum absolute atomic E-state index is 0.0442. The molecule has 1 atom stereocenters. The number of H-pyrrole nitrogens is 1. The molecule has 0 amide bonds. The number of nitrogens with two attached hydrogens (primary N) is 1. The normalized spacial score (nSPS) is 13.6. The van der Waals surface area contributed by atoms with E-state index in [1.54, 1.807) is 12.1 Å². The van der Waals surface area contributed by atoms with Crippen molar-refractivity contribution in [1.29, 1.82) is 0 Å². The minimum Gasteiger partial charge on any atom is -0.493 e. The van der Waals surface area contributed by atoms with E-state index in [4.69, 9.17) is 25.0 Å². The summed E-state index contributed by atoms with van der Waals surface area (Å²) in [6, 6.07) is 19.2. The number of rotatable bonds is 10. The van der Waals surface area contributed by atoms with Crippen LogP contribution in [0.1, 0.15) is 23.9 Å². The van der Waals surface area contributed by atoms with E-state index in [0.29, 0.717) is 5.56 Å². The fourth-order valence-electron chi connectivity index (χ4n) is 3.89. The minimum atomic E-state index is -4.80. The van der Waals surface area contributed by atoms with E-state index in [-0.39, 0.29) is 29.4 Å². The van der Waals surface area contributed by atoms with Gasteiger partial charge in [-0.05, 0) is 35.7 Å². The number of aromatic amines is 1. The molecule has 4 rings (SSSR count). The SMILES string of the molecule is COc1cc(-c2cnc([C@@](C)(N)COP(=O)(O)O)[nH]2)cc(C(F)(F)F)c1OCc1ccc(-c2ccccc2)cc1. The maximum Gasteiger partial charge on any atom is 0.469 e. The molecular formula is C27H27F3N3O6P. The number of phosphoric acid groups is 1. The van der Waals surface area contributed by atoms with Gasteiger partial charge in [0.25, 0.3) is 0 Å². The van der Waals surface area contributed by atoms with Gasteiger partial charge in [0.15, 0.2) is 11.5 Å². The Labute approximate surface area is 228 Å². The van der Waals surface area contributed by atoms with Gasteiger partial charge >= 0.3 is 14.0 Å². The number of imidazole rings is 1. The highest BCUT2D eigenvalue weighted by molar-refractivity contribution is 7.46. The summed E-state index contributed by atoms with van der Waals surface area (Å²) in [5.74, 6) is -0.575. The molecule has 0 radical (unpaired) electrons. The first-order valence-corrected chi connectivity index (χ1v) is 13.4. The van der Waals surface area contributed by atoms with Crippen molar-refractivity contribution >= 4 is 7.82 Å². The molecule has 3 aromatic carbocycles. The Balaban J connectivity index is 1.60. The molecule has 0 saturated carbocycles. The first kappa shape index (κ1) is 29.3. The van der Waals surface area contributed by atoms with Crippen LogP contribution in [-0.4, -0.2) is 33.5 Å². The van der Waals surface area contributed by atoms with Crippen LogP contribution in [0.2, 0.25) is 0 Å². The second-order valence-electron chi connectivity index (χ2n) is 9.23. The van der Waals surface area contributed by atoms with Crippen molar-refractivity contribution in [3.8, 4) is 33.9 Å². The van der Waals surface area contributed by atoms with Crippen LogP contribution in [0.5, 0.6) is 11.5 Å². The van der Waals surface area contributed by atoms with Crippen LogP contribution in [0.25, 0.3) is 22.4 Å². The van der Waals surface area contributed by atoms with Gasteiger partial charge in [-0.25, -0.2) is 9.55 Å². The summed E-state index contributed by atoms with van der Waals surface area (Å²) in [4.78, 5) is 24.8. The monoisotopic (exact) mass is 577 g/mol. The van der Waals surface area contributed by atoms with E-state index in [1.807, 2.05) is 42.5 Å². The maximum absolute atomic E-state index is 14.2. The number of ether oxygens (including phenoxy) is 2. The van der Waals surface area contributed by atoms with Gasteiger partial charge in [0.2, 0.25) is 0 Å². The first-order valence-electron chi connectivity index (χ1n) is 11.9. The van der Waals surface area contributed by atoms with E-state index in [0.717, 1.165) is 17.2 Å². The molecular weight excluding hydrogens is 550 g/mol. The molecule has 13 heteroatoms. The molecule has 0 aliphatic heterocycles. The Morgan fingerprint density at radius 2 is 1.65 bits per heavy atom. The van der Waals surface area contributed by atoms with E-state index < -0.39 is 37.5 Å². The Morgan fingerprint density at radius 1 is 1.00 bits per heavy atom. The Kier molecular flexibility index (Phi) is 8.38. The van der Waals surface area contributed by atoms with Gasteiger partial charge in [-0.1, -0.05) is 54.6 Å². The standard InChI is InChI=1S/C27H27F3N3O6P/c1-26(31,16-39-40(34,35)36)25-32-14-22(33-25)20-12-21(27(28,29)30)24(23(13-20)37-2)38-15-17-8-10-19(11-9-17)18-6-4-3-5-7-18/h3-14H,15-16,31H2,1-2H3,(H,32,33)(H2,34,35,36)/t26-/m0/s1. The number of nitrogens with zero attached hydrogens (tertiary/aromatic N) is 1. The van der Waals surface area contributed by atoms with Crippen molar-refractivity contribution in [3.63, 3.8) is 0 Å². The van der Waals surface area contributed by atoms with Gasteiger partial charge in [-0.2, -0.15) is 13.2 Å². The van der Waals surface area contributed by atoms with Crippen LogP contribution in [0.15, 0.2) is 72.9 Å². The molecule has 0 fully saturated rings. The lowest BCUT2D eigenvalue weighted by molar-refractivity contribution is -0.139. The predicted octanol–water partition coefficient (Wildman–Crippen LogP) is 5.63. The lowest BCUT2D eigenvalue weighted by atomic mass is 10.0. The molecule has 0 spiro atoms. The maximum atomic E-state index is 14.2. The molecule has 0 aliphatic carbocycles. The van der Waals surface area contributed by atoms with Crippen LogP contribution in [0.4, 0.5) is 13.2 Å². The molecule has 0 aliphatic rings. The van der Waals surface area contributed by atoms with Crippen LogP contribution in [-0.2, 0) is 27.4 Å². The topological polar surface area (TPSA) is 140 Å². The lowest BCUT2D eigenvalue weighted by Gasteiger charge is -2.22. The second-order valence-corrected chi connectivity index (χ2v) is 10.5. The van der Waals surface area contributed by atoms with Gasteiger partial charge in [0.1, 0.15) is 18.0 Å². The van der Waals surface area contributed by atoms with Crippen molar-refractivity contribution in [3.05, 3.63) is 89.9 Å². The van der Waals surface area contributed by atoms with Gasteiger partial charge in [-0.3, -0.25) is 4.52 Å². The second kappa shape index (κ2) is 11.4. The number of benzene rings is 3. The number of halogens is 3. The summed E-state index contributed by atoms with van der Waals surface area (Å²) in [6.45, 7) is 0.671. The van der Waals surface area contributed by atoms with Gasteiger partial charge < -0.3 is 30.0 Å². The third-order valence-electron chi connectivity index (χ3n) is 5.98. The molecule has 212 valence electrons. The number of hydrogen-bond donors (Lipinski definition) is 4. The average Bonchev–Trinajstić information content (AvgIpc) is 3.42. The molecule has 0 saturated heterocycles. The third kappa shape index (κ3) is 7.09. The predicted molar refractivity (Wildman–Crippen MR) is 141 cm³/mol. The van der Waals surface area contributed by atoms with Crippen molar-refractivity contribution in [1.82, 2.24) is 9.97 Å². The number of aromatic nitrogens is 2. The lowest BCUT2D eigenvalue weighted by Crippen LogP contribution is -2.39. The van der Waals surface area contributed by atoms with Gasteiger partial charge in [0.05, 0.1) is 31.1 Å². The number of methoxy groups -OCH3 is 1. The molecule has 1 heterocycles. The van der Waals surface area contributed by atoms with E-state index >= 15 is 0 Å². The third-order valence-corrected chi connectivity index (χ3v) is 6.45. The molecule has 0 unspecified atom stereocenters. The fourth-order valence-corrected chi connectivity index (χ4v) is 4.33. The summed E-state index contributed by atoms with van der Waals surface area (Å²) >= 11 is 0. The Morgan fingerprint density at radius 3 is 2.25 bits per heavy atom. The zero-order chi connectivity index (χ0) is 29.1. The van der Waals surface area contributed by atoms with Crippen molar-refractivity contribution in [2.45, 2.75) is 25.2 Å². The highest BCUT2D eigenvalue weighted by Crippen LogP contribution is 2.45. The van der Waals surface area contributed by atoms with Crippen LogP contribution in [0.3, 0.4) is 0 Å². The Bertz CT molecular complexity index is 1500. The van der Waals surface area contributed by atoms with Gasteiger partial charge in [0, 0.05) is 5.56 Å². The van der Waals surface area contributed by atoms with E-state index in [9.17, 15) is 17.7 Å². The first-order chi connectivity index (χ1) is 18.8. The van der Waals surface area contributed by atoms with Crippen molar-refractivity contribution in [2.24, 2.45) is 5.73 Å². The molecule has 5 N–H and O–H groups in total. The summed E-state index contributed by atoms with van der Waals surface area (Å²) in [5, 5.41) is 0. The highest BCUT2D eigenvalue weighted by atomic mass is 31.2.